The molecule has 2 aromatic carbocycles. The summed E-state index contributed by atoms with van der Waals surface area (Å²) in [5.74, 6) is 0. The molecule has 1 heterocycles. The topological polar surface area (TPSA) is 54.3 Å². The fraction of sp³-hybridized carbons (Fsp3) is 0.452. The van der Waals surface area contributed by atoms with Gasteiger partial charge in [-0.25, -0.2) is 0 Å². The molecule has 0 radical (unpaired) electrons. The average Bonchev–Trinajstić information content (AvgIpc) is 3.45. The highest BCUT2D eigenvalue weighted by Crippen LogP contribution is 2.34. The molecule has 1 unspecified atom stereocenters. The van der Waals surface area contributed by atoms with Crippen LogP contribution in [0.25, 0.3) is 22.3 Å². The first-order valence-electron chi connectivity index (χ1n) is 13.6. The molecule has 36 heavy (non-hydrogen) atoms. The van der Waals surface area contributed by atoms with Gasteiger partial charge >= 0.3 is 0 Å². The number of aryl methyl sites for hydroxylation is 1. The molecule has 0 bridgehead atoms. The van der Waals surface area contributed by atoms with Crippen LogP contribution in [0.1, 0.15) is 77.2 Å². The third-order valence-electron chi connectivity index (χ3n) is 7.00. The van der Waals surface area contributed by atoms with E-state index in [1.54, 1.807) is 17.1 Å². The second kappa shape index (κ2) is 13.2. The highest BCUT2D eigenvalue weighted by molar-refractivity contribution is 7.92. The Kier molecular flexibility index (Phi) is 9.71. The van der Waals surface area contributed by atoms with Gasteiger partial charge in [0.05, 0.1) is 18.0 Å². The minimum absolute atomic E-state index is 0.0506. The SMILES string of the molecule is CCCCCCc1cccc(-c2cn(OCCC)cc(-c3ccccc3[S+]([O-])C3CCCC3)c2=O)c1. The van der Waals surface area contributed by atoms with Crippen LogP contribution in [0.3, 0.4) is 0 Å². The molecule has 0 spiro atoms. The van der Waals surface area contributed by atoms with E-state index in [2.05, 4.69) is 26.0 Å². The Balaban J connectivity index is 1.75. The van der Waals surface area contributed by atoms with Crippen molar-refractivity contribution in [3.63, 3.8) is 0 Å². The predicted octanol–water partition coefficient (Wildman–Crippen LogP) is 7.19. The van der Waals surface area contributed by atoms with Crippen molar-refractivity contribution in [2.75, 3.05) is 6.61 Å². The Hall–Kier alpha value is -2.50. The molecular formula is C31H39NO3S. The van der Waals surface area contributed by atoms with Gasteiger partial charge in [0.2, 0.25) is 0 Å². The molecule has 0 amide bonds. The van der Waals surface area contributed by atoms with E-state index < -0.39 is 11.2 Å². The van der Waals surface area contributed by atoms with Crippen molar-refractivity contribution in [1.82, 2.24) is 4.73 Å². The zero-order valence-electron chi connectivity index (χ0n) is 21.7. The number of nitrogens with zero attached hydrogens (tertiary/aromatic N) is 1. The second-order valence-corrected chi connectivity index (χ2v) is 11.5. The summed E-state index contributed by atoms with van der Waals surface area (Å²) in [4.78, 5) is 20.6. The van der Waals surface area contributed by atoms with Gasteiger partial charge < -0.3 is 9.39 Å². The highest BCUT2D eigenvalue weighted by Gasteiger charge is 2.31. The Morgan fingerprint density at radius 3 is 2.47 bits per heavy atom. The Bertz CT molecular complexity index is 1180. The summed E-state index contributed by atoms with van der Waals surface area (Å²) in [6, 6.07) is 16.0. The molecular weight excluding hydrogens is 466 g/mol. The third kappa shape index (κ3) is 6.43. The van der Waals surface area contributed by atoms with Gasteiger partial charge in [-0.2, -0.15) is 4.73 Å². The summed E-state index contributed by atoms with van der Waals surface area (Å²) < 4.78 is 15.2. The lowest BCUT2D eigenvalue weighted by Gasteiger charge is -2.20. The molecule has 1 aliphatic rings. The maximum absolute atomic E-state index is 13.9. The fourth-order valence-corrected chi connectivity index (χ4v) is 6.75. The van der Waals surface area contributed by atoms with Crippen molar-refractivity contribution in [3.05, 3.63) is 76.7 Å². The smallest absolute Gasteiger partial charge is 0.197 e. The Labute approximate surface area is 218 Å². The van der Waals surface area contributed by atoms with Crippen molar-refractivity contribution in [2.24, 2.45) is 0 Å². The summed E-state index contributed by atoms with van der Waals surface area (Å²) >= 11 is -1.14. The van der Waals surface area contributed by atoms with Crippen molar-refractivity contribution in [2.45, 2.75) is 88.2 Å². The van der Waals surface area contributed by atoms with Gasteiger partial charge in [0, 0.05) is 11.1 Å². The number of rotatable bonds is 12. The van der Waals surface area contributed by atoms with Gasteiger partial charge in [0.25, 0.3) is 0 Å². The molecule has 1 fully saturated rings. The average molecular weight is 506 g/mol. The number of unbranched alkanes of at least 4 members (excludes halogenated alkanes) is 3. The number of aromatic nitrogens is 1. The van der Waals surface area contributed by atoms with Gasteiger partial charge in [-0.05, 0) is 79.4 Å². The monoisotopic (exact) mass is 505 g/mol. The van der Waals surface area contributed by atoms with Crippen LogP contribution in [-0.2, 0) is 17.6 Å². The Morgan fingerprint density at radius 1 is 0.917 bits per heavy atom. The maximum atomic E-state index is 13.9. The lowest BCUT2D eigenvalue weighted by atomic mass is 9.98. The zero-order chi connectivity index (χ0) is 25.3. The van der Waals surface area contributed by atoms with Gasteiger partial charge in [-0.15, -0.1) is 0 Å². The molecule has 1 saturated carbocycles. The molecule has 1 aliphatic carbocycles. The quantitative estimate of drug-likeness (QED) is 0.193. The molecule has 0 saturated heterocycles. The summed E-state index contributed by atoms with van der Waals surface area (Å²) in [6.45, 7) is 4.84. The normalized spacial score (nSPS) is 14.8. The minimum Gasteiger partial charge on any atom is -0.611 e. The molecule has 4 nitrogen and oxygen atoms in total. The summed E-state index contributed by atoms with van der Waals surface area (Å²) in [5.41, 5.74) is 4.00. The lowest BCUT2D eigenvalue weighted by Crippen LogP contribution is -2.21. The van der Waals surface area contributed by atoms with E-state index in [9.17, 15) is 9.35 Å². The summed E-state index contributed by atoms with van der Waals surface area (Å²) in [6.07, 6.45) is 14.5. The van der Waals surface area contributed by atoms with Crippen LogP contribution in [0.4, 0.5) is 0 Å². The van der Waals surface area contributed by atoms with E-state index in [0.717, 1.165) is 61.0 Å². The van der Waals surface area contributed by atoms with E-state index >= 15 is 0 Å². The molecule has 5 heteroatoms. The van der Waals surface area contributed by atoms with E-state index in [4.69, 9.17) is 4.84 Å². The van der Waals surface area contributed by atoms with Gasteiger partial charge in [0.1, 0.15) is 11.9 Å². The van der Waals surface area contributed by atoms with Crippen LogP contribution >= 0.6 is 0 Å². The molecule has 1 atom stereocenters. The van der Waals surface area contributed by atoms with Crippen LogP contribution in [0, 0.1) is 0 Å². The van der Waals surface area contributed by atoms with E-state index in [0.29, 0.717) is 17.7 Å². The predicted molar refractivity (Wildman–Crippen MR) is 150 cm³/mol. The molecule has 1 aromatic heterocycles. The van der Waals surface area contributed by atoms with Crippen molar-refractivity contribution >= 4 is 11.2 Å². The van der Waals surface area contributed by atoms with E-state index in [1.165, 1.54) is 24.8 Å². The van der Waals surface area contributed by atoms with E-state index in [-0.39, 0.29) is 10.7 Å². The molecule has 192 valence electrons. The first-order chi connectivity index (χ1) is 17.6. The number of benzene rings is 2. The van der Waals surface area contributed by atoms with Gasteiger partial charge in [-0.3, -0.25) is 4.79 Å². The van der Waals surface area contributed by atoms with Crippen LogP contribution in [0.15, 0.2) is 70.6 Å². The van der Waals surface area contributed by atoms with Crippen LogP contribution in [-0.4, -0.2) is 21.1 Å². The maximum Gasteiger partial charge on any atom is 0.197 e. The van der Waals surface area contributed by atoms with Crippen LogP contribution in [0.2, 0.25) is 0 Å². The molecule has 0 N–H and O–H groups in total. The molecule has 4 rings (SSSR count). The Morgan fingerprint density at radius 2 is 1.69 bits per heavy atom. The van der Waals surface area contributed by atoms with Crippen LogP contribution < -0.4 is 10.3 Å². The van der Waals surface area contributed by atoms with Gasteiger partial charge in [0.15, 0.2) is 10.3 Å². The number of hydrogen-bond acceptors (Lipinski definition) is 3. The second-order valence-electron chi connectivity index (χ2n) is 9.82. The zero-order valence-corrected chi connectivity index (χ0v) is 22.5. The van der Waals surface area contributed by atoms with E-state index in [1.807, 2.05) is 36.4 Å². The minimum atomic E-state index is -1.14. The third-order valence-corrected chi connectivity index (χ3v) is 8.87. The van der Waals surface area contributed by atoms with Crippen LogP contribution in [0.5, 0.6) is 0 Å². The molecule has 3 aromatic rings. The van der Waals surface area contributed by atoms with Crippen molar-refractivity contribution < 1.29 is 9.39 Å². The summed E-state index contributed by atoms with van der Waals surface area (Å²) in [7, 11) is 0. The van der Waals surface area contributed by atoms with Crippen molar-refractivity contribution in [1.29, 1.82) is 0 Å². The number of hydrogen-bond donors (Lipinski definition) is 0. The van der Waals surface area contributed by atoms with Gasteiger partial charge in [-0.1, -0.05) is 69.5 Å². The highest BCUT2D eigenvalue weighted by atomic mass is 32.2. The first kappa shape index (κ1) is 26.6. The summed E-state index contributed by atoms with van der Waals surface area (Å²) in [5, 5.41) is 0.164. The fourth-order valence-electron chi connectivity index (χ4n) is 5.02. The largest absolute Gasteiger partial charge is 0.611 e. The molecule has 0 aliphatic heterocycles. The standard InChI is InChI=1S/C31H39NO3S/c1-3-5-6-7-13-24-14-12-15-25(21-24)28-22-32(35-20-4-2)23-29(31(28)33)27-18-10-11-19-30(27)36(34)26-16-8-9-17-26/h10-12,14-15,18-19,21-23,26H,3-9,13,16-17,20H2,1-2H3. The number of pyridine rings is 1. The lowest BCUT2D eigenvalue weighted by molar-refractivity contribution is 0.110. The van der Waals surface area contributed by atoms with Crippen molar-refractivity contribution in [3.8, 4) is 22.3 Å². The first-order valence-corrected chi connectivity index (χ1v) is 14.8.